The molecular formula is C12H22ClN3O. The zero-order valence-corrected chi connectivity index (χ0v) is 11.6. The molecule has 0 spiro atoms. The molecule has 1 saturated heterocycles. The number of halogens is 1. The number of piperidine rings is 1. The fourth-order valence-corrected chi connectivity index (χ4v) is 2.05. The molecule has 1 aliphatic rings. The molecule has 0 unspecified atom stereocenters. The summed E-state index contributed by atoms with van der Waals surface area (Å²) in [6, 6.07) is 0. The largest absolute Gasteiger partial charge is 0.339 e. The molecule has 1 aromatic heterocycles. The maximum Gasteiger partial charge on any atom is 0.229 e. The van der Waals surface area contributed by atoms with Crippen molar-refractivity contribution >= 4 is 12.4 Å². The second kappa shape index (κ2) is 5.83. The molecule has 0 amide bonds. The van der Waals surface area contributed by atoms with Crippen molar-refractivity contribution in [2.45, 2.75) is 46.0 Å². The SMILES string of the molecule is CC(C)(C)Cc1noc(C2CCNCC2)n1.Cl. The van der Waals surface area contributed by atoms with Crippen LogP contribution in [0.2, 0.25) is 0 Å². The van der Waals surface area contributed by atoms with E-state index < -0.39 is 0 Å². The topological polar surface area (TPSA) is 51.0 Å². The number of hydrogen-bond acceptors (Lipinski definition) is 4. The van der Waals surface area contributed by atoms with Gasteiger partial charge in [-0.05, 0) is 31.3 Å². The molecule has 0 aliphatic carbocycles. The van der Waals surface area contributed by atoms with Gasteiger partial charge >= 0.3 is 0 Å². The van der Waals surface area contributed by atoms with Gasteiger partial charge in [-0.1, -0.05) is 25.9 Å². The third-order valence-corrected chi connectivity index (χ3v) is 2.86. The lowest BCUT2D eigenvalue weighted by Crippen LogP contribution is -2.26. The van der Waals surface area contributed by atoms with Crippen molar-refractivity contribution < 1.29 is 4.52 Å². The highest BCUT2D eigenvalue weighted by Gasteiger charge is 2.22. The van der Waals surface area contributed by atoms with E-state index in [0.29, 0.717) is 5.92 Å². The Morgan fingerprint density at radius 3 is 2.53 bits per heavy atom. The Kier molecular flexibility index (Phi) is 4.95. The van der Waals surface area contributed by atoms with Crippen molar-refractivity contribution in [3.8, 4) is 0 Å². The fourth-order valence-electron chi connectivity index (χ4n) is 2.05. The summed E-state index contributed by atoms with van der Waals surface area (Å²) in [5, 5.41) is 7.41. The Morgan fingerprint density at radius 2 is 1.94 bits per heavy atom. The Morgan fingerprint density at radius 1 is 1.29 bits per heavy atom. The van der Waals surface area contributed by atoms with Crippen LogP contribution in [-0.2, 0) is 6.42 Å². The van der Waals surface area contributed by atoms with Crippen molar-refractivity contribution in [1.82, 2.24) is 15.5 Å². The molecular weight excluding hydrogens is 238 g/mol. The second-order valence-electron chi connectivity index (χ2n) is 5.81. The molecule has 1 aliphatic heterocycles. The number of aromatic nitrogens is 2. The first-order valence-corrected chi connectivity index (χ1v) is 6.08. The zero-order valence-electron chi connectivity index (χ0n) is 10.8. The van der Waals surface area contributed by atoms with Gasteiger partial charge in [0.2, 0.25) is 5.89 Å². The van der Waals surface area contributed by atoms with Gasteiger partial charge in [-0.2, -0.15) is 4.98 Å². The van der Waals surface area contributed by atoms with E-state index in [0.717, 1.165) is 44.1 Å². The molecule has 1 fully saturated rings. The van der Waals surface area contributed by atoms with Crippen LogP contribution < -0.4 is 5.32 Å². The summed E-state index contributed by atoms with van der Waals surface area (Å²) in [6.45, 7) is 8.68. The molecule has 1 aromatic rings. The average molecular weight is 260 g/mol. The average Bonchev–Trinajstić information content (AvgIpc) is 2.65. The third-order valence-electron chi connectivity index (χ3n) is 2.86. The smallest absolute Gasteiger partial charge is 0.229 e. The summed E-state index contributed by atoms with van der Waals surface area (Å²) in [6.07, 6.45) is 3.09. The molecule has 2 rings (SSSR count). The van der Waals surface area contributed by atoms with Gasteiger partial charge in [-0.15, -0.1) is 12.4 Å². The molecule has 5 heteroatoms. The molecule has 0 atom stereocenters. The van der Waals surface area contributed by atoms with Gasteiger partial charge in [0.15, 0.2) is 5.82 Å². The summed E-state index contributed by atoms with van der Waals surface area (Å²) < 4.78 is 5.36. The first-order valence-electron chi connectivity index (χ1n) is 6.08. The molecule has 0 bridgehead atoms. The lowest BCUT2D eigenvalue weighted by atomic mass is 9.92. The molecule has 2 heterocycles. The minimum atomic E-state index is 0. The predicted molar refractivity (Wildman–Crippen MR) is 69.5 cm³/mol. The lowest BCUT2D eigenvalue weighted by molar-refractivity contribution is 0.314. The Labute approximate surface area is 109 Å². The molecule has 0 radical (unpaired) electrons. The first kappa shape index (κ1) is 14.5. The standard InChI is InChI=1S/C12H21N3O.ClH/c1-12(2,3)8-10-14-11(16-15-10)9-4-6-13-7-5-9;/h9,13H,4-8H2,1-3H3;1H. The summed E-state index contributed by atoms with van der Waals surface area (Å²) in [5.41, 5.74) is 0.218. The van der Waals surface area contributed by atoms with E-state index in [4.69, 9.17) is 4.52 Å². The van der Waals surface area contributed by atoms with Crippen molar-refractivity contribution in [1.29, 1.82) is 0 Å². The maximum absolute atomic E-state index is 5.36. The summed E-state index contributed by atoms with van der Waals surface area (Å²) in [4.78, 5) is 4.51. The van der Waals surface area contributed by atoms with Crippen LogP contribution in [0, 0.1) is 5.41 Å². The molecule has 98 valence electrons. The normalized spacial score (nSPS) is 17.8. The minimum absolute atomic E-state index is 0. The van der Waals surface area contributed by atoms with E-state index in [1.807, 2.05) is 0 Å². The predicted octanol–water partition coefficient (Wildman–Crippen LogP) is 2.55. The van der Waals surface area contributed by atoms with E-state index in [1.165, 1.54) is 0 Å². The maximum atomic E-state index is 5.36. The first-order chi connectivity index (χ1) is 7.54. The number of nitrogens with one attached hydrogen (secondary N) is 1. The summed E-state index contributed by atoms with van der Waals surface area (Å²) in [5.74, 6) is 2.14. The Bertz CT molecular complexity index is 340. The number of hydrogen-bond donors (Lipinski definition) is 1. The van der Waals surface area contributed by atoms with Crippen LogP contribution in [0.1, 0.15) is 51.2 Å². The van der Waals surface area contributed by atoms with Gasteiger partial charge in [0.1, 0.15) is 0 Å². The van der Waals surface area contributed by atoms with Crippen molar-refractivity contribution in [3.63, 3.8) is 0 Å². The highest BCUT2D eigenvalue weighted by atomic mass is 35.5. The molecule has 0 aromatic carbocycles. The monoisotopic (exact) mass is 259 g/mol. The van der Waals surface area contributed by atoms with Crippen molar-refractivity contribution in [3.05, 3.63) is 11.7 Å². The van der Waals surface area contributed by atoms with Crippen LogP contribution in [-0.4, -0.2) is 23.2 Å². The molecule has 4 nitrogen and oxygen atoms in total. The Hall–Kier alpha value is -0.610. The van der Waals surface area contributed by atoms with Crippen LogP contribution in [0.25, 0.3) is 0 Å². The number of rotatable bonds is 2. The van der Waals surface area contributed by atoms with Gasteiger partial charge in [0.25, 0.3) is 0 Å². The van der Waals surface area contributed by atoms with Crippen LogP contribution >= 0.6 is 12.4 Å². The molecule has 0 saturated carbocycles. The van der Waals surface area contributed by atoms with Gasteiger partial charge in [0, 0.05) is 12.3 Å². The number of nitrogens with zero attached hydrogens (tertiary/aromatic N) is 2. The molecule has 1 N–H and O–H groups in total. The Balaban J connectivity index is 0.00000144. The van der Waals surface area contributed by atoms with E-state index in [1.54, 1.807) is 0 Å². The van der Waals surface area contributed by atoms with Crippen LogP contribution in [0.5, 0.6) is 0 Å². The van der Waals surface area contributed by atoms with Gasteiger partial charge < -0.3 is 9.84 Å². The van der Waals surface area contributed by atoms with Crippen LogP contribution in [0.4, 0.5) is 0 Å². The van der Waals surface area contributed by atoms with E-state index in [2.05, 4.69) is 36.2 Å². The zero-order chi connectivity index (χ0) is 11.6. The lowest BCUT2D eigenvalue weighted by Gasteiger charge is -2.18. The second-order valence-corrected chi connectivity index (χ2v) is 5.81. The quantitative estimate of drug-likeness (QED) is 0.887. The van der Waals surface area contributed by atoms with Gasteiger partial charge in [0.05, 0.1) is 0 Å². The minimum Gasteiger partial charge on any atom is -0.339 e. The van der Waals surface area contributed by atoms with E-state index in [-0.39, 0.29) is 17.8 Å². The summed E-state index contributed by atoms with van der Waals surface area (Å²) in [7, 11) is 0. The molecule has 17 heavy (non-hydrogen) atoms. The van der Waals surface area contributed by atoms with E-state index in [9.17, 15) is 0 Å². The van der Waals surface area contributed by atoms with Crippen molar-refractivity contribution in [2.75, 3.05) is 13.1 Å². The fraction of sp³-hybridized carbons (Fsp3) is 0.833. The summed E-state index contributed by atoms with van der Waals surface area (Å²) >= 11 is 0. The third kappa shape index (κ3) is 4.28. The van der Waals surface area contributed by atoms with Gasteiger partial charge in [-0.3, -0.25) is 0 Å². The van der Waals surface area contributed by atoms with Crippen LogP contribution in [0.15, 0.2) is 4.52 Å². The van der Waals surface area contributed by atoms with E-state index >= 15 is 0 Å². The van der Waals surface area contributed by atoms with Gasteiger partial charge in [-0.25, -0.2) is 0 Å². The van der Waals surface area contributed by atoms with Crippen LogP contribution in [0.3, 0.4) is 0 Å². The van der Waals surface area contributed by atoms with Crippen molar-refractivity contribution in [2.24, 2.45) is 5.41 Å². The highest BCUT2D eigenvalue weighted by molar-refractivity contribution is 5.85. The highest BCUT2D eigenvalue weighted by Crippen LogP contribution is 2.25.